The van der Waals surface area contributed by atoms with Gasteiger partial charge < -0.3 is 0 Å². The Labute approximate surface area is 141 Å². The Kier molecular flexibility index (Phi) is 4.49. The largest absolute Gasteiger partial charge is 0.345 e. The van der Waals surface area contributed by atoms with Crippen molar-refractivity contribution >= 4 is 11.6 Å². The maximum absolute atomic E-state index is 13.2. The minimum Gasteiger partial charge on any atom is -0.274 e. The van der Waals surface area contributed by atoms with Gasteiger partial charge in [-0.15, -0.1) is 0 Å². The van der Waals surface area contributed by atoms with E-state index in [9.17, 15) is 13.6 Å². The average molecular weight is 350 g/mol. The molecule has 0 aliphatic rings. The fraction of sp³-hybridized carbons (Fsp3) is 0.176. The molecule has 124 valence electrons. The number of rotatable bonds is 4. The van der Waals surface area contributed by atoms with Gasteiger partial charge in [0.2, 0.25) is 0 Å². The van der Waals surface area contributed by atoms with Crippen molar-refractivity contribution in [2.45, 2.75) is 13.0 Å². The van der Waals surface area contributed by atoms with E-state index in [1.807, 2.05) is 0 Å². The van der Waals surface area contributed by atoms with Gasteiger partial charge in [-0.05, 0) is 35.4 Å². The van der Waals surface area contributed by atoms with Crippen LogP contribution in [-0.4, -0.2) is 14.3 Å². The molecule has 0 saturated carbocycles. The Hall–Kier alpha value is -2.47. The van der Waals surface area contributed by atoms with Gasteiger partial charge in [0, 0.05) is 18.5 Å². The van der Waals surface area contributed by atoms with E-state index in [2.05, 4.69) is 5.10 Å². The molecule has 0 atom stereocenters. The molecular weight excluding hydrogens is 336 g/mol. The van der Waals surface area contributed by atoms with E-state index in [0.29, 0.717) is 11.4 Å². The van der Waals surface area contributed by atoms with E-state index < -0.39 is 5.82 Å². The molecular formula is C17H14ClF2N3O. The number of aromatic nitrogens is 3. The van der Waals surface area contributed by atoms with Crippen LogP contribution in [0, 0.1) is 11.6 Å². The van der Waals surface area contributed by atoms with Crippen molar-refractivity contribution in [3.63, 3.8) is 0 Å². The van der Waals surface area contributed by atoms with Crippen LogP contribution in [0.5, 0.6) is 0 Å². The van der Waals surface area contributed by atoms with Crippen molar-refractivity contribution in [3.8, 4) is 0 Å². The van der Waals surface area contributed by atoms with Crippen LogP contribution < -0.4 is 5.69 Å². The minimum atomic E-state index is -0.423. The van der Waals surface area contributed by atoms with Gasteiger partial charge in [-0.2, -0.15) is 5.10 Å². The molecule has 0 amide bonds. The monoisotopic (exact) mass is 349 g/mol. The second-order valence-electron chi connectivity index (χ2n) is 5.45. The van der Waals surface area contributed by atoms with Crippen molar-refractivity contribution in [2.75, 3.05) is 0 Å². The molecule has 24 heavy (non-hydrogen) atoms. The molecule has 0 aliphatic carbocycles. The predicted molar refractivity (Wildman–Crippen MR) is 87.2 cm³/mol. The number of hydrogen-bond acceptors (Lipinski definition) is 2. The Morgan fingerprint density at radius 3 is 2.42 bits per heavy atom. The number of halogens is 3. The Balaban J connectivity index is 1.95. The summed E-state index contributed by atoms with van der Waals surface area (Å²) in [6.45, 7) is 0.265. The van der Waals surface area contributed by atoms with Crippen LogP contribution in [0.25, 0.3) is 0 Å². The molecule has 3 aromatic rings. The lowest BCUT2D eigenvalue weighted by molar-refractivity contribution is 0.624. The quantitative estimate of drug-likeness (QED) is 0.726. The van der Waals surface area contributed by atoms with Crippen molar-refractivity contribution in [1.29, 1.82) is 0 Å². The molecule has 0 saturated heterocycles. The van der Waals surface area contributed by atoms with Gasteiger partial charge in [0.25, 0.3) is 0 Å². The highest BCUT2D eigenvalue weighted by Crippen LogP contribution is 2.20. The average Bonchev–Trinajstić information content (AvgIpc) is 2.80. The highest BCUT2D eigenvalue weighted by Gasteiger charge is 2.14. The SMILES string of the molecule is Cn1nc(Cc2ccc(F)cc2Cl)n(Cc2ccc(F)cc2)c1=O. The van der Waals surface area contributed by atoms with E-state index in [1.165, 1.54) is 33.5 Å². The van der Waals surface area contributed by atoms with Crippen molar-refractivity contribution in [1.82, 2.24) is 14.3 Å². The van der Waals surface area contributed by atoms with E-state index in [1.54, 1.807) is 25.2 Å². The molecule has 2 aromatic carbocycles. The zero-order chi connectivity index (χ0) is 17.3. The van der Waals surface area contributed by atoms with Gasteiger partial charge >= 0.3 is 5.69 Å². The van der Waals surface area contributed by atoms with Crippen molar-refractivity contribution in [3.05, 3.63) is 86.6 Å². The summed E-state index contributed by atoms with van der Waals surface area (Å²) in [5.41, 5.74) is 1.16. The molecule has 0 spiro atoms. The number of benzene rings is 2. The van der Waals surface area contributed by atoms with Gasteiger partial charge in [0.1, 0.15) is 17.5 Å². The summed E-state index contributed by atoms with van der Waals surface area (Å²) in [6, 6.07) is 10.0. The molecule has 1 heterocycles. The lowest BCUT2D eigenvalue weighted by atomic mass is 10.1. The van der Waals surface area contributed by atoms with Gasteiger partial charge in [-0.3, -0.25) is 4.57 Å². The third kappa shape index (κ3) is 3.38. The Morgan fingerprint density at radius 1 is 1.08 bits per heavy atom. The molecule has 0 fully saturated rings. The number of nitrogens with zero attached hydrogens (tertiary/aromatic N) is 3. The summed E-state index contributed by atoms with van der Waals surface area (Å²) in [5, 5.41) is 4.50. The fourth-order valence-corrected chi connectivity index (χ4v) is 2.69. The van der Waals surface area contributed by atoms with Crippen LogP contribution in [-0.2, 0) is 20.0 Å². The van der Waals surface area contributed by atoms with Crippen LogP contribution in [0.1, 0.15) is 17.0 Å². The molecule has 0 aliphatic heterocycles. The van der Waals surface area contributed by atoms with E-state index in [-0.39, 0.29) is 29.5 Å². The molecule has 4 nitrogen and oxygen atoms in total. The van der Waals surface area contributed by atoms with Gasteiger partial charge in [-0.25, -0.2) is 18.3 Å². The maximum atomic E-state index is 13.2. The van der Waals surface area contributed by atoms with Crippen molar-refractivity contribution in [2.24, 2.45) is 7.05 Å². The second-order valence-corrected chi connectivity index (χ2v) is 5.85. The van der Waals surface area contributed by atoms with Crippen LogP contribution in [0.2, 0.25) is 5.02 Å². The summed E-state index contributed by atoms with van der Waals surface area (Å²) < 4.78 is 28.9. The number of aryl methyl sites for hydroxylation is 1. The molecule has 1 aromatic heterocycles. The first-order valence-electron chi connectivity index (χ1n) is 7.25. The molecule has 0 radical (unpaired) electrons. The van der Waals surface area contributed by atoms with E-state index in [0.717, 1.165) is 5.56 Å². The highest BCUT2D eigenvalue weighted by molar-refractivity contribution is 6.31. The third-order valence-corrected chi connectivity index (χ3v) is 4.05. The first-order chi connectivity index (χ1) is 11.4. The standard InChI is InChI=1S/C17H14ClF2N3O/c1-22-17(24)23(10-11-2-5-13(19)6-3-11)16(21-22)8-12-4-7-14(20)9-15(12)18/h2-7,9H,8,10H2,1H3. The van der Waals surface area contributed by atoms with E-state index in [4.69, 9.17) is 11.6 Å². The number of hydrogen-bond donors (Lipinski definition) is 0. The van der Waals surface area contributed by atoms with Crippen LogP contribution in [0.4, 0.5) is 8.78 Å². The lowest BCUT2D eigenvalue weighted by Gasteiger charge is -2.07. The Morgan fingerprint density at radius 2 is 1.75 bits per heavy atom. The first-order valence-corrected chi connectivity index (χ1v) is 7.63. The Bertz CT molecular complexity index is 932. The van der Waals surface area contributed by atoms with Gasteiger partial charge in [0.15, 0.2) is 0 Å². The first kappa shape index (κ1) is 16.4. The van der Waals surface area contributed by atoms with Gasteiger partial charge in [-0.1, -0.05) is 29.8 Å². The third-order valence-electron chi connectivity index (χ3n) is 3.70. The topological polar surface area (TPSA) is 39.8 Å². The van der Waals surface area contributed by atoms with Gasteiger partial charge in [0.05, 0.1) is 6.54 Å². The smallest absolute Gasteiger partial charge is 0.274 e. The molecule has 0 unspecified atom stereocenters. The lowest BCUT2D eigenvalue weighted by Crippen LogP contribution is -2.24. The van der Waals surface area contributed by atoms with Crippen LogP contribution in [0.15, 0.2) is 47.3 Å². The van der Waals surface area contributed by atoms with E-state index >= 15 is 0 Å². The molecule has 0 N–H and O–H groups in total. The summed E-state index contributed by atoms with van der Waals surface area (Å²) in [4.78, 5) is 12.3. The zero-order valence-corrected chi connectivity index (χ0v) is 13.6. The predicted octanol–water partition coefficient (Wildman–Crippen LogP) is 3.15. The molecule has 0 bridgehead atoms. The normalized spacial score (nSPS) is 11.0. The maximum Gasteiger partial charge on any atom is 0.345 e. The summed E-state index contributed by atoms with van der Waals surface area (Å²) in [5.74, 6) is -0.260. The summed E-state index contributed by atoms with van der Waals surface area (Å²) in [7, 11) is 1.55. The fourth-order valence-electron chi connectivity index (χ4n) is 2.45. The van der Waals surface area contributed by atoms with Crippen LogP contribution in [0.3, 0.4) is 0 Å². The highest BCUT2D eigenvalue weighted by atomic mass is 35.5. The van der Waals surface area contributed by atoms with Crippen molar-refractivity contribution < 1.29 is 8.78 Å². The zero-order valence-electron chi connectivity index (χ0n) is 12.8. The molecule has 7 heteroatoms. The summed E-state index contributed by atoms with van der Waals surface area (Å²) in [6.07, 6.45) is 0.288. The molecule has 3 rings (SSSR count). The minimum absolute atomic E-state index is 0.265. The second kappa shape index (κ2) is 6.57. The van der Waals surface area contributed by atoms with Crippen LogP contribution >= 0.6 is 11.6 Å². The summed E-state index contributed by atoms with van der Waals surface area (Å²) >= 11 is 6.05.